The van der Waals surface area contributed by atoms with E-state index in [2.05, 4.69) is 10.6 Å². The number of halogens is 1. The molecule has 1 unspecified atom stereocenters. The molecule has 0 aliphatic heterocycles. The summed E-state index contributed by atoms with van der Waals surface area (Å²) in [5.74, 6) is 1.08. The Labute approximate surface area is 123 Å². The van der Waals surface area contributed by atoms with E-state index in [-0.39, 0.29) is 11.9 Å². The van der Waals surface area contributed by atoms with Crippen LogP contribution in [0.5, 0.6) is 11.5 Å². The largest absolute Gasteiger partial charge is 0.495 e. The third-order valence-electron chi connectivity index (χ3n) is 3.16. The van der Waals surface area contributed by atoms with Crippen molar-refractivity contribution >= 4 is 23.2 Å². The van der Waals surface area contributed by atoms with E-state index < -0.39 is 0 Å². The number of amides is 1. The van der Waals surface area contributed by atoms with Gasteiger partial charge >= 0.3 is 0 Å². The maximum Gasteiger partial charge on any atom is 0.242 e. The minimum atomic E-state index is -0.365. The molecule has 0 bridgehead atoms. The first-order valence-corrected chi connectivity index (χ1v) is 6.91. The maximum atomic E-state index is 11.9. The third-order valence-corrected chi connectivity index (χ3v) is 3.46. The lowest BCUT2D eigenvalue weighted by atomic mass is 10.2. The normalized spacial score (nSPS) is 15.4. The monoisotopic (exact) mass is 298 g/mol. The molecule has 2 N–H and O–H groups in total. The predicted molar refractivity (Wildman–Crippen MR) is 78.8 cm³/mol. The molecule has 1 amide bonds. The lowest BCUT2D eigenvalue weighted by Gasteiger charge is -2.18. The Morgan fingerprint density at radius 3 is 2.50 bits per heavy atom. The van der Waals surface area contributed by atoms with Crippen molar-refractivity contribution in [3.63, 3.8) is 0 Å². The van der Waals surface area contributed by atoms with Gasteiger partial charge in [0.05, 0.1) is 24.9 Å². The second-order valence-electron chi connectivity index (χ2n) is 4.84. The highest BCUT2D eigenvalue weighted by atomic mass is 35.5. The van der Waals surface area contributed by atoms with Crippen LogP contribution in [0, 0.1) is 0 Å². The zero-order chi connectivity index (χ0) is 14.7. The van der Waals surface area contributed by atoms with Gasteiger partial charge in [0, 0.05) is 18.2 Å². The van der Waals surface area contributed by atoms with Crippen molar-refractivity contribution in [3.8, 4) is 11.5 Å². The average Bonchev–Trinajstić information content (AvgIpc) is 3.23. The SMILES string of the molecule is COc1cc(NC(C)C(=O)NC2CC2)c(OC)cc1Cl. The molecular weight excluding hydrogens is 280 g/mol. The van der Waals surface area contributed by atoms with Crippen LogP contribution < -0.4 is 20.1 Å². The average molecular weight is 299 g/mol. The Morgan fingerprint density at radius 1 is 1.30 bits per heavy atom. The van der Waals surface area contributed by atoms with Crippen LogP contribution in [-0.4, -0.2) is 32.2 Å². The molecule has 1 aliphatic carbocycles. The number of hydrogen-bond acceptors (Lipinski definition) is 4. The molecule has 1 fully saturated rings. The third kappa shape index (κ3) is 3.48. The fourth-order valence-electron chi connectivity index (χ4n) is 1.83. The van der Waals surface area contributed by atoms with Crippen LogP contribution in [0.2, 0.25) is 5.02 Å². The Bertz CT molecular complexity index is 503. The summed E-state index contributed by atoms with van der Waals surface area (Å²) in [5.41, 5.74) is 0.673. The van der Waals surface area contributed by atoms with Crippen LogP contribution >= 0.6 is 11.6 Å². The van der Waals surface area contributed by atoms with E-state index in [0.717, 1.165) is 12.8 Å². The summed E-state index contributed by atoms with van der Waals surface area (Å²) < 4.78 is 10.4. The molecule has 6 heteroatoms. The second kappa shape index (κ2) is 6.22. The van der Waals surface area contributed by atoms with E-state index in [1.165, 1.54) is 0 Å². The molecule has 1 atom stereocenters. The fourth-order valence-corrected chi connectivity index (χ4v) is 2.06. The molecule has 20 heavy (non-hydrogen) atoms. The first-order valence-electron chi connectivity index (χ1n) is 6.53. The van der Waals surface area contributed by atoms with Crippen LogP contribution in [0.15, 0.2) is 12.1 Å². The van der Waals surface area contributed by atoms with Gasteiger partial charge in [-0.3, -0.25) is 4.79 Å². The van der Waals surface area contributed by atoms with Crippen molar-refractivity contribution in [2.75, 3.05) is 19.5 Å². The molecule has 0 heterocycles. The summed E-state index contributed by atoms with van der Waals surface area (Å²) in [4.78, 5) is 11.9. The van der Waals surface area contributed by atoms with E-state index >= 15 is 0 Å². The lowest BCUT2D eigenvalue weighted by molar-refractivity contribution is -0.121. The molecule has 0 aromatic heterocycles. The van der Waals surface area contributed by atoms with Crippen LogP contribution in [0.1, 0.15) is 19.8 Å². The molecule has 1 aliphatic rings. The molecule has 1 aromatic rings. The number of methoxy groups -OCH3 is 2. The number of benzene rings is 1. The molecule has 0 radical (unpaired) electrons. The highest BCUT2D eigenvalue weighted by molar-refractivity contribution is 6.32. The van der Waals surface area contributed by atoms with Crippen LogP contribution in [0.3, 0.4) is 0 Å². The summed E-state index contributed by atoms with van der Waals surface area (Å²) in [6.07, 6.45) is 2.13. The molecule has 0 saturated heterocycles. The van der Waals surface area contributed by atoms with Crippen molar-refractivity contribution in [1.82, 2.24) is 5.32 Å². The maximum absolute atomic E-state index is 11.9. The Kier molecular flexibility index (Phi) is 4.60. The molecule has 110 valence electrons. The fraction of sp³-hybridized carbons (Fsp3) is 0.500. The van der Waals surface area contributed by atoms with E-state index in [0.29, 0.717) is 28.3 Å². The standard InChI is InChI=1S/C14H19ClN2O3/c1-8(14(18)17-9-4-5-9)16-11-7-12(19-2)10(15)6-13(11)20-3/h6-9,16H,4-5H2,1-3H3,(H,17,18). The molecule has 5 nitrogen and oxygen atoms in total. The smallest absolute Gasteiger partial charge is 0.242 e. The van der Waals surface area contributed by atoms with Crippen LogP contribution in [0.4, 0.5) is 5.69 Å². The first-order chi connectivity index (χ1) is 9.55. The Hall–Kier alpha value is -1.62. The van der Waals surface area contributed by atoms with Gasteiger partial charge in [-0.25, -0.2) is 0 Å². The molecule has 1 saturated carbocycles. The van der Waals surface area contributed by atoms with E-state index in [4.69, 9.17) is 21.1 Å². The number of carbonyl (C=O) groups excluding carboxylic acids is 1. The minimum Gasteiger partial charge on any atom is -0.495 e. The summed E-state index contributed by atoms with van der Waals surface area (Å²) in [7, 11) is 3.10. The number of carbonyl (C=O) groups is 1. The molecule has 1 aromatic carbocycles. The zero-order valence-corrected chi connectivity index (χ0v) is 12.6. The van der Waals surface area contributed by atoms with Crippen molar-refractivity contribution in [2.24, 2.45) is 0 Å². The van der Waals surface area contributed by atoms with Crippen molar-refractivity contribution < 1.29 is 14.3 Å². The van der Waals surface area contributed by atoms with Gasteiger partial charge in [0.2, 0.25) is 5.91 Å². The number of hydrogen-bond donors (Lipinski definition) is 2. The predicted octanol–water partition coefficient (Wildman–Crippen LogP) is 2.44. The van der Waals surface area contributed by atoms with Gasteiger partial charge in [0.25, 0.3) is 0 Å². The van der Waals surface area contributed by atoms with Gasteiger partial charge in [0.1, 0.15) is 17.5 Å². The Morgan fingerprint density at radius 2 is 1.95 bits per heavy atom. The first kappa shape index (κ1) is 14.8. The van der Waals surface area contributed by atoms with Gasteiger partial charge in [-0.05, 0) is 19.8 Å². The quantitative estimate of drug-likeness (QED) is 0.847. The number of ether oxygens (including phenoxy) is 2. The van der Waals surface area contributed by atoms with E-state index in [1.807, 2.05) is 0 Å². The highest BCUT2D eigenvalue weighted by Crippen LogP contribution is 2.36. The summed E-state index contributed by atoms with van der Waals surface area (Å²) >= 11 is 6.04. The summed E-state index contributed by atoms with van der Waals surface area (Å²) in [5, 5.41) is 6.54. The van der Waals surface area contributed by atoms with Crippen molar-refractivity contribution in [1.29, 1.82) is 0 Å². The Balaban J connectivity index is 2.11. The topological polar surface area (TPSA) is 59.6 Å². The van der Waals surface area contributed by atoms with Gasteiger partial charge in [-0.1, -0.05) is 11.6 Å². The number of nitrogens with one attached hydrogen (secondary N) is 2. The van der Waals surface area contributed by atoms with E-state index in [1.54, 1.807) is 33.3 Å². The molecular formula is C14H19ClN2O3. The van der Waals surface area contributed by atoms with Gasteiger partial charge in [-0.2, -0.15) is 0 Å². The lowest BCUT2D eigenvalue weighted by Crippen LogP contribution is -2.38. The number of anilines is 1. The van der Waals surface area contributed by atoms with Crippen LogP contribution in [0.25, 0.3) is 0 Å². The van der Waals surface area contributed by atoms with Crippen molar-refractivity contribution in [3.05, 3.63) is 17.2 Å². The second-order valence-corrected chi connectivity index (χ2v) is 5.24. The highest BCUT2D eigenvalue weighted by Gasteiger charge is 2.26. The molecule has 2 rings (SSSR count). The van der Waals surface area contributed by atoms with Crippen LogP contribution in [-0.2, 0) is 4.79 Å². The zero-order valence-electron chi connectivity index (χ0n) is 11.8. The summed E-state index contributed by atoms with van der Waals surface area (Å²) in [6, 6.07) is 3.36. The van der Waals surface area contributed by atoms with E-state index in [9.17, 15) is 4.79 Å². The number of rotatable bonds is 6. The van der Waals surface area contributed by atoms with Gasteiger partial charge in [-0.15, -0.1) is 0 Å². The van der Waals surface area contributed by atoms with Crippen molar-refractivity contribution in [2.45, 2.75) is 31.8 Å². The molecule has 0 spiro atoms. The summed E-state index contributed by atoms with van der Waals surface area (Å²) in [6.45, 7) is 1.80. The van der Waals surface area contributed by atoms with Gasteiger partial charge < -0.3 is 20.1 Å². The van der Waals surface area contributed by atoms with Gasteiger partial charge in [0.15, 0.2) is 0 Å². The minimum absolute atomic E-state index is 0.0246.